The van der Waals surface area contributed by atoms with Gasteiger partial charge in [-0.25, -0.2) is 0 Å². The van der Waals surface area contributed by atoms with Crippen molar-refractivity contribution in [2.75, 3.05) is 39.4 Å². The average Bonchev–Trinajstić information content (AvgIpc) is 3.12. The summed E-state index contributed by atoms with van der Waals surface area (Å²) in [6.07, 6.45) is 4.59. The number of carbonyl (C=O) groups excluding carboxylic acids is 2. The molecule has 0 spiro atoms. The van der Waals surface area contributed by atoms with Gasteiger partial charge in [0.15, 0.2) is 11.5 Å². The molecule has 0 aromatic heterocycles. The molecule has 0 bridgehead atoms. The Balaban J connectivity index is 1.42. The van der Waals surface area contributed by atoms with Crippen LogP contribution in [-0.4, -0.2) is 67.0 Å². The van der Waals surface area contributed by atoms with Crippen molar-refractivity contribution in [1.29, 1.82) is 0 Å². The lowest BCUT2D eigenvalue weighted by Crippen LogP contribution is -2.39. The van der Waals surface area contributed by atoms with E-state index in [1.54, 1.807) is 0 Å². The Morgan fingerprint density at radius 3 is 2.45 bits per heavy atom. The summed E-state index contributed by atoms with van der Waals surface area (Å²) < 4.78 is 11.7. The van der Waals surface area contributed by atoms with Gasteiger partial charge in [0.25, 0.3) is 5.91 Å². The van der Waals surface area contributed by atoms with E-state index >= 15 is 0 Å². The van der Waals surface area contributed by atoms with Gasteiger partial charge in [0.05, 0.1) is 30.7 Å². The molecule has 1 aliphatic carbocycles. The van der Waals surface area contributed by atoms with Crippen LogP contribution in [0.1, 0.15) is 69.0 Å². The zero-order valence-corrected chi connectivity index (χ0v) is 19.9. The van der Waals surface area contributed by atoms with Crippen molar-refractivity contribution in [3.05, 3.63) is 46.7 Å². The average molecular weight is 453 g/mol. The lowest BCUT2D eigenvalue weighted by atomic mass is 9.77. The Morgan fingerprint density at radius 1 is 1.00 bits per heavy atom. The van der Waals surface area contributed by atoms with E-state index in [2.05, 4.69) is 43.0 Å². The molecule has 178 valence electrons. The van der Waals surface area contributed by atoms with Crippen LogP contribution in [0.15, 0.2) is 35.6 Å². The molecule has 1 aromatic carbocycles. The molecule has 33 heavy (non-hydrogen) atoms. The summed E-state index contributed by atoms with van der Waals surface area (Å²) >= 11 is 0. The van der Waals surface area contributed by atoms with Crippen LogP contribution in [0.3, 0.4) is 0 Å². The van der Waals surface area contributed by atoms with Gasteiger partial charge in [-0.3, -0.25) is 14.5 Å². The van der Waals surface area contributed by atoms with E-state index in [1.807, 2.05) is 4.90 Å². The summed E-state index contributed by atoms with van der Waals surface area (Å²) in [6, 6.07) is 8.12. The Hall–Kier alpha value is -2.18. The zero-order chi connectivity index (χ0) is 22.9. The maximum atomic E-state index is 13.7. The summed E-state index contributed by atoms with van der Waals surface area (Å²) in [5.74, 6) is 0.694. The Labute approximate surface area is 196 Å². The highest BCUT2D eigenvalue weighted by molar-refractivity contribution is 6.11. The molecule has 1 saturated heterocycles. The van der Waals surface area contributed by atoms with Gasteiger partial charge in [-0.05, 0) is 42.7 Å². The van der Waals surface area contributed by atoms with Crippen molar-refractivity contribution in [3.8, 4) is 0 Å². The third kappa shape index (κ3) is 4.35. The van der Waals surface area contributed by atoms with Crippen molar-refractivity contribution in [2.45, 2.75) is 64.0 Å². The standard InChI is InChI=1S/C27H36N2O4/c1-18(2)19-8-10-20(11-9-19)24-23-25(30)21-6-3-4-7-22(21)33-26(23)27(31)29(24)13-5-12-28-14-16-32-17-15-28/h8-11,18,21-22,24H,3-7,12-17H2,1-2H3. The fourth-order valence-corrected chi connectivity index (χ4v) is 5.82. The third-order valence-electron chi connectivity index (χ3n) is 7.75. The molecular formula is C27H36N2O4. The van der Waals surface area contributed by atoms with Crippen LogP contribution in [0.2, 0.25) is 0 Å². The normalized spacial score (nSPS) is 28.2. The fourth-order valence-electron chi connectivity index (χ4n) is 5.82. The molecule has 6 heteroatoms. The number of Topliss-reactive ketones (excluding diaryl/α,β-unsaturated/α-hetero) is 1. The van der Waals surface area contributed by atoms with Crippen LogP contribution >= 0.6 is 0 Å². The number of hydrogen-bond acceptors (Lipinski definition) is 5. The molecule has 3 heterocycles. The first kappa shape index (κ1) is 22.6. The van der Waals surface area contributed by atoms with Crippen LogP contribution in [0.4, 0.5) is 0 Å². The number of amides is 1. The largest absolute Gasteiger partial charge is 0.483 e. The topological polar surface area (TPSA) is 59.1 Å². The van der Waals surface area contributed by atoms with E-state index < -0.39 is 0 Å². The van der Waals surface area contributed by atoms with E-state index in [0.29, 0.717) is 23.8 Å². The molecule has 3 unspecified atom stereocenters. The van der Waals surface area contributed by atoms with Crippen molar-refractivity contribution in [1.82, 2.24) is 9.80 Å². The number of fused-ring (bicyclic) bond motifs is 1. The summed E-state index contributed by atoms with van der Waals surface area (Å²) in [6.45, 7) is 9.32. The highest BCUT2D eigenvalue weighted by Gasteiger charge is 2.51. The minimum atomic E-state index is -0.339. The minimum Gasteiger partial charge on any atom is -0.483 e. The Bertz CT molecular complexity index is 917. The van der Waals surface area contributed by atoms with E-state index in [4.69, 9.17) is 9.47 Å². The number of ether oxygens (including phenoxy) is 2. The second-order valence-corrected chi connectivity index (χ2v) is 10.2. The van der Waals surface area contributed by atoms with Gasteiger partial charge in [0.1, 0.15) is 6.10 Å². The molecule has 4 aliphatic rings. The molecule has 0 radical (unpaired) electrons. The van der Waals surface area contributed by atoms with Gasteiger partial charge in [-0.1, -0.05) is 44.5 Å². The highest BCUT2D eigenvalue weighted by Crippen LogP contribution is 2.46. The van der Waals surface area contributed by atoms with Crippen LogP contribution in [0.5, 0.6) is 0 Å². The molecule has 6 nitrogen and oxygen atoms in total. The fraction of sp³-hybridized carbons (Fsp3) is 0.630. The molecule has 0 N–H and O–H groups in total. The maximum Gasteiger partial charge on any atom is 0.290 e. The van der Waals surface area contributed by atoms with E-state index in [-0.39, 0.29) is 29.8 Å². The van der Waals surface area contributed by atoms with Crippen molar-refractivity contribution >= 4 is 11.7 Å². The number of morpholine rings is 1. The van der Waals surface area contributed by atoms with Gasteiger partial charge in [-0.2, -0.15) is 0 Å². The molecule has 1 aromatic rings. The first-order valence-electron chi connectivity index (χ1n) is 12.7. The Morgan fingerprint density at radius 2 is 1.73 bits per heavy atom. The quantitative estimate of drug-likeness (QED) is 0.657. The summed E-state index contributed by atoms with van der Waals surface area (Å²) in [5.41, 5.74) is 2.87. The van der Waals surface area contributed by atoms with Gasteiger partial charge >= 0.3 is 0 Å². The van der Waals surface area contributed by atoms with Crippen LogP contribution in [-0.2, 0) is 19.1 Å². The molecule has 3 atom stereocenters. The smallest absolute Gasteiger partial charge is 0.290 e. The second kappa shape index (κ2) is 9.59. The maximum absolute atomic E-state index is 13.7. The number of benzene rings is 1. The van der Waals surface area contributed by atoms with Crippen LogP contribution in [0, 0.1) is 5.92 Å². The summed E-state index contributed by atoms with van der Waals surface area (Å²) in [4.78, 5) is 31.5. The summed E-state index contributed by atoms with van der Waals surface area (Å²) in [7, 11) is 0. The molecule has 1 amide bonds. The van der Waals surface area contributed by atoms with Crippen molar-refractivity contribution in [3.63, 3.8) is 0 Å². The van der Waals surface area contributed by atoms with E-state index in [9.17, 15) is 9.59 Å². The summed E-state index contributed by atoms with van der Waals surface area (Å²) in [5, 5.41) is 0. The predicted octanol–water partition coefficient (Wildman–Crippen LogP) is 3.83. The second-order valence-electron chi connectivity index (χ2n) is 10.2. The third-order valence-corrected chi connectivity index (χ3v) is 7.75. The SMILES string of the molecule is CC(C)c1ccc(C2C3=C(OC4CCCCC4C3=O)C(=O)N2CCCN2CCOCC2)cc1. The Kier molecular flexibility index (Phi) is 6.57. The van der Waals surface area contributed by atoms with Gasteiger partial charge in [0.2, 0.25) is 0 Å². The number of hydrogen-bond donors (Lipinski definition) is 0. The van der Waals surface area contributed by atoms with Crippen molar-refractivity contribution in [2.24, 2.45) is 5.92 Å². The van der Waals surface area contributed by atoms with Gasteiger partial charge < -0.3 is 14.4 Å². The minimum absolute atomic E-state index is 0.101. The van der Waals surface area contributed by atoms with Gasteiger partial charge in [-0.15, -0.1) is 0 Å². The predicted molar refractivity (Wildman–Crippen MR) is 126 cm³/mol. The van der Waals surface area contributed by atoms with E-state index in [0.717, 1.165) is 70.5 Å². The molecular weight excluding hydrogens is 416 g/mol. The number of nitrogens with zero attached hydrogens (tertiary/aromatic N) is 2. The highest BCUT2D eigenvalue weighted by atomic mass is 16.5. The van der Waals surface area contributed by atoms with Crippen molar-refractivity contribution < 1.29 is 19.1 Å². The monoisotopic (exact) mass is 452 g/mol. The molecule has 5 rings (SSSR count). The first-order valence-corrected chi connectivity index (χ1v) is 12.7. The number of ketones is 1. The van der Waals surface area contributed by atoms with Crippen LogP contribution in [0.25, 0.3) is 0 Å². The number of rotatable bonds is 6. The van der Waals surface area contributed by atoms with Gasteiger partial charge in [0, 0.05) is 26.2 Å². The molecule has 2 fully saturated rings. The lowest BCUT2D eigenvalue weighted by molar-refractivity contribution is -0.135. The molecule has 1 saturated carbocycles. The number of carbonyl (C=O) groups is 2. The first-order chi connectivity index (χ1) is 16.0. The zero-order valence-electron chi connectivity index (χ0n) is 19.9. The lowest BCUT2D eigenvalue weighted by Gasteiger charge is -2.35. The molecule has 3 aliphatic heterocycles. The van der Waals surface area contributed by atoms with Crippen LogP contribution < -0.4 is 0 Å². The van der Waals surface area contributed by atoms with E-state index in [1.165, 1.54) is 5.56 Å².